The molecule has 1 atom stereocenters. The Balaban J connectivity index is 1.99. The zero-order valence-corrected chi connectivity index (χ0v) is 12.7. The van der Waals surface area contributed by atoms with Crippen LogP contribution < -0.4 is 0 Å². The summed E-state index contributed by atoms with van der Waals surface area (Å²) < 4.78 is 0. The summed E-state index contributed by atoms with van der Waals surface area (Å²) in [6.07, 6.45) is 2.12. The van der Waals surface area contributed by atoms with Crippen molar-refractivity contribution in [3.05, 3.63) is 90.0 Å². The minimum absolute atomic E-state index is 0.267. The van der Waals surface area contributed by atoms with Gasteiger partial charge in [-0.1, -0.05) is 97.4 Å². The predicted octanol–water partition coefficient (Wildman–Crippen LogP) is 6.22. The fraction of sp³-hybridized carbons (Fsp3) is 0.100. The fourth-order valence-electron chi connectivity index (χ4n) is 2.65. The highest BCUT2D eigenvalue weighted by molar-refractivity contribution is 6.48. The first-order chi connectivity index (χ1) is 10.3. The zero-order valence-electron chi connectivity index (χ0n) is 12.0. The number of benzene rings is 3. The Bertz CT molecular complexity index is 767. The summed E-state index contributed by atoms with van der Waals surface area (Å²) in [7, 11) is 0. The Labute approximate surface area is 130 Å². The quantitative estimate of drug-likeness (QED) is 0.537. The standard InChI is InChI=1S/C20H17Cl/c1-15(14-20(21)17-9-3-2-4-10-17)18-13-7-11-16-8-5-6-12-19(16)18/h2-15H,1H3. The number of allylic oxidation sites excluding steroid dienone is 1. The van der Waals surface area contributed by atoms with E-state index < -0.39 is 0 Å². The van der Waals surface area contributed by atoms with Gasteiger partial charge in [-0.3, -0.25) is 0 Å². The third-order valence-electron chi connectivity index (χ3n) is 3.76. The van der Waals surface area contributed by atoms with E-state index in [1.54, 1.807) is 0 Å². The maximum absolute atomic E-state index is 6.46. The average Bonchev–Trinajstić information content (AvgIpc) is 2.55. The zero-order chi connectivity index (χ0) is 14.7. The lowest BCUT2D eigenvalue weighted by atomic mass is 9.94. The van der Waals surface area contributed by atoms with Crippen molar-refractivity contribution in [2.45, 2.75) is 12.8 Å². The van der Waals surface area contributed by atoms with Crippen LogP contribution in [0.4, 0.5) is 0 Å². The molecular weight excluding hydrogens is 276 g/mol. The van der Waals surface area contributed by atoms with Gasteiger partial charge >= 0.3 is 0 Å². The molecule has 0 aromatic heterocycles. The molecule has 0 amide bonds. The fourth-order valence-corrected chi connectivity index (χ4v) is 2.97. The van der Waals surface area contributed by atoms with Crippen molar-refractivity contribution in [3.63, 3.8) is 0 Å². The molecule has 0 nitrogen and oxygen atoms in total. The van der Waals surface area contributed by atoms with Crippen LogP contribution in [0.2, 0.25) is 0 Å². The third kappa shape index (κ3) is 3.01. The first-order valence-electron chi connectivity index (χ1n) is 7.16. The number of halogens is 1. The lowest BCUT2D eigenvalue weighted by molar-refractivity contribution is 0.984. The molecule has 0 fully saturated rings. The van der Waals surface area contributed by atoms with Crippen LogP contribution in [-0.4, -0.2) is 0 Å². The van der Waals surface area contributed by atoms with Crippen LogP contribution in [0.5, 0.6) is 0 Å². The van der Waals surface area contributed by atoms with Crippen molar-refractivity contribution in [3.8, 4) is 0 Å². The Hall–Kier alpha value is -2.05. The van der Waals surface area contributed by atoms with E-state index >= 15 is 0 Å². The topological polar surface area (TPSA) is 0 Å². The van der Waals surface area contributed by atoms with Crippen LogP contribution in [0.15, 0.2) is 78.9 Å². The molecule has 0 aliphatic carbocycles. The lowest BCUT2D eigenvalue weighted by Gasteiger charge is -2.12. The second kappa shape index (κ2) is 6.15. The van der Waals surface area contributed by atoms with Gasteiger partial charge in [-0.25, -0.2) is 0 Å². The van der Waals surface area contributed by atoms with Crippen molar-refractivity contribution < 1.29 is 0 Å². The molecule has 0 heterocycles. The SMILES string of the molecule is CC(C=C(Cl)c1ccccc1)c1cccc2ccccc12. The van der Waals surface area contributed by atoms with Crippen molar-refractivity contribution in [2.24, 2.45) is 0 Å². The Morgan fingerprint density at radius 1 is 0.857 bits per heavy atom. The Kier molecular flexibility index (Phi) is 4.08. The molecule has 21 heavy (non-hydrogen) atoms. The van der Waals surface area contributed by atoms with E-state index in [9.17, 15) is 0 Å². The van der Waals surface area contributed by atoms with E-state index in [-0.39, 0.29) is 5.92 Å². The van der Waals surface area contributed by atoms with Gasteiger partial charge in [-0.15, -0.1) is 0 Å². The molecule has 0 aliphatic rings. The monoisotopic (exact) mass is 292 g/mol. The first-order valence-corrected chi connectivity index (χ1v) is 7.54. The molecule has 0 saturated heterocycles. The van der Waals surface area contributed by atoms with Gasteiger partial charge in [-0.05, 0) is 21.9 Å². The summed E-state index contributed by atoms with van der Waals surface area (Å²) in [5.74, 6) is 0.267. The van der Waals surface area contributed by atoms with Gasteiger partial charge in [0.05, 0.1) is 0 Å². The number of hydrogen-bond acceptors (Lipinski definition) is 0. The van der Waals surface area contributed by atoms with E-state index in [2.05, 4.69) is 55.5 Å². The van der Waals surface area contributed by atoms with Crippen molar-refractivity contribution in [2.75, 3.05) is 0 Å². The summed E-state index contributed by atoms with van der Waals surface area (Å²) in [4.78, 5) is 0. The Morgan fingerprint density at radius 3 is 2.33 bits per heavy atom. The average molecular weight is 293 g/mol. The number of fused-ring (bicyclic) bond motifs is 1. The van der Waals surface area contributed by atoms with Crippen LogP contribution in [0.3, 0.4) is 0 Å². The van der Waals surface area contributed by atoms with E-state index in [0.717, 1.165) is 10.6 Å². The van der Waals surface area contributed by atoms with Gasteiger partial charge in [0.1, 0.15) is 0 Å². The van der Waals surface area contributed by atoms with Gasteiger partial charge in [0, 0.05) is 11.0 Å². The molecule has 0 spiro atoms. The summed E-state index contributed by atoms with van der Waals surface area (Å²) >= 11 is 6.46. The molecule has 0 saturated carbocycles. The highest BCUT2D eigenvalue weighted by Crippen LogP contribution is 2.30. The van der Waals surface area contributed by atoms with Crippen molar-refractivity contribution in [1.82, 2.24) is 0 Å². The number of hydrogen-bond donors (Lipinski definition) is 0. The summed E-state index contributed by atoms with van der Waals surface area (Å²) in [6, 6.07) is 25.0. The molecule has 0 bridgehead atoms. The molecule has 104 valence electrons. The van der Waals surface area contributed by atoms with Gasteiger partial charge < -0.3 is 0 Å². The van der Waals surface area contributed by atoms with Gasteiger partial charge in [0.25, 0.3) is 0 Å². The van der Waals surface area contributed by atoms with Gasteiger partial charge in [-0.2, -0.15) is 0 Å². The minimum Gasteiger partial charge on any atom is -0.0840 e. The van der Waals surface area contributed by atoms with Crippen molar-refractivity contribution >= 4 is 27.4 Å². The first kappa shape index (κ1) is 13.9. The minimum atomic E-state index is 0.267. The van der Waals surface area contributed by atoms with Crippen LogP contribution in [0, 0.1) is 0 Å². The van der Waals surface area contributed by atoms with Gasteiger partial charge in [0.15, 0.2) is 0 Å². The molecule has 3 aromatic carbocycles. The van der Waals surface area contributed by atoms with E-state index in [0.29, 0.717) is 0 Å². The van der Waals surface area contributed by atoms with E-state index in [1.165, 1.54) is 16.3 Å². The normalized spacial score (nSPS) is 13.3. The van der Waals surface area contributed by atoms with E-state index in [4.69, 9.17) is 11.6 Å². The van der Waals surface area contributed by atoms with Crippen molar-refractivity contribution in [1.29, 1.82) is 0 Å². The lowest BCUT2D eigenvalue weighted by Crippen LogP contribution is -1.92. The van der Waals surface area contributed by atoms with Crippen LogP contribution in [-0.2, 0) is 0 Å². The summed E-state index contributed by atoms with van der Waals surface area (Å²) in [5, 5.41) is 3.36. The molecule has 3 rings (SSSR count). The molecule has 1 unspecified atom stereocenters. The van der Waals surface area contributed by atoms with Crippen LogP contribution >= 0.6 is 11.6 Å². The second-order valence-corrected chi connectivity index (χ2v) is 5.64. The highest BCUT2D eigenvalue weighted by Gasteiger charge is 2.08. The molecule has 3 aromatic rings. The van der Waals surface area contributed by atoms with Crippen LogP contribution in [0.1, 0.15) is 24.0 Å². The molecule has 0 radical (unpaired) electrons. The predicted molar refractivity (Wildman–Crippen MR) is 92.6 cm³/mol. The Morgan fingerprint density at radius 2 is 1.52 bits per heavy atom. The maximum Gasteiger partial charge on any atom is 0.0444 e. The molecule has 0 aliphatic heterocycles. The third-order valence-corrected chi connectivity index (χ3v) is 4.10. The maximum atomic E-state index is 6.46. The molecule has 0 N–H and O–H groups in total. The van der Waals surface area contributed by atoms with Gasteiger partial charge in [0.2, 0.25) is 0 Å². The number of rotatable bonds is 3. The smallest absolute Gasteiger partial charge is 0.0444 e. The highest BCUT2D eigenvalue weighted by atomic mass is 35.5. The van der Waals surface area contributed by atoms with E-state index in [1.807, 2.05) is 30.3 Å². The molecule has 1 heteroatoms. The second-order valence-electron chi connectivity index (χ2n) is 5.24. The summed E-state index contributed by atoms with van der Waals surface area (Å²) in [6.45, 7) is 2.19. The molecular formula is C20H17Cl. The van der Waals surface area contributed by atoms with Crippen LogP contribution in [0.25, 0.3) is 15.8 Å². The summed E-state index contributed by atoms with van der Waals surface area (Å²) in [5.41, 5.74) is 2.37. The largest absolute Gasteiger partial charge is 0.0840 e.